The zero-order valence-corrected chi connectivity index (χ0v) is 15.1. The molecule has 1 heterocycles. The van der Waals surface area contributed by atoms with Gasteiger partial charge in [0.2, 0.25) is 0 Å². The van der Waals surface area contributed by atoms with Gasteiger partial charge in [-0.2, -0.15) is 0 Å². The molecule has 1 N–H and O–H groups in total. The quantitative estimate of drug-likeness (QED) is 0.402. The number of carbonyl (C=O) groups excluding carboxylic acids is 1. The number of nitrogens with zero attached hydrogens (tertiary/aromatic N) is 1. The molecule has 0 aliphatic heterocycles. The Bertz CT molecular complexity index is 1100. The molecule has 0 unspecified atom stereocenters. The van der Waals surface area contributed by atoms with Crippen molar-refractivity contribution >= 4 is 34.5 Å². The van der Waals surface area contributed by atoms with Gasteiger partial charge < -0.3 is 9.72 Å². The predicted octanol–water partition coefficient (Wildman–Crippen LogP) is 2.99. The van der Waals surface area contributed by atoms with E-state index < -0.39 is 11.7 Å². The number of halogens is 1. The lowest BCUT2D eigenvalue weighted by atomic mass is 10.2. The number of fused-ring (bicyclic) bond motifs is 1. The van der Waals surface area contributed by atoms with Gasteiger partial charge in [-0.05, 0) is 42.3 Å². The lowest BCUT2D eigenvalue weighted by molar-refractivity contribution is -0.137. The van der Waals surface area contributed by atoms with E-state index in [-0.39, 0.29) is 18.7 Å². The molecular formula is C20H17ClN2O4. The van der Waals surface area contributed by atoms with Crippen molar-refractivity contribution < 1.29 is 9.53 Å². The van der Waals surface area contributed by atoms with Gasteiger partial charge in [0.15, 0.2) is 0 Å². The Kier molecular flexibility index (Phi) is 5.88. The standard InChI is InChI=1S/C20H17ClN2O4/c21-15-9-6-14(7-10-15)8-11-18(24)27-13-3-12-23-19(25)16-4-1-2-5-17(16)22-20(23)26/h1-2,4-11H,3,12-13H2,(H,22,26). The molecule has 0 radical (unpaired) electrons. The molecule has 7 heteroatoms. The van der Waals surface area contributed by atoms with Crippen LogP contribution < -0.4 is 11.2 Å². The lowest BCUT2D eigenvalue weighted by Crippen LogP contribution is -2.35. The van der Waals surface area contributed by atoms with Crippen LogP contribution in [-0.2, 0) is 16.1 Å². The Morgan fingerprint density at radius 1 is 1.11 bits per heavy atom. The van der Waals surface area contributed by atoms with Crippen LogP contribution in [-0.4, -0.2) is 22.1 Å². The molecule has 0 aliphatic carbocycles. The van der Waals surface area contributed by atoms with Gasteiger partial charge in [-0.3, -0.25) is 9.36 Å². The number of rotatable bonds is 6. The summed E-state index contributed by atoms with van der Waals surface area (Å²) in [5.41, 5.74) is 0.490. The van der Waals surface area contributed by atoms with E-state index in [1.165, 1.54) is 6.08 Å². The summed E-state index contributed by atoms with van der Waals surface area (Å²) in [6, 6.07) is 13.8. The van der Waals surface area contributed by atoms with Crippen LogP contribution >= 0.6 is 11.6 Å². The zero-order chi connectivity index (χ0) is 19.2. The van der Waals surface area contributed by atoms with E-state index in [0.717, 1.165) is 10.1 Å². The van der Waals surface area contributed by atoms with Gasteiger partial charge >= 0.3 is 11.7 Å². The Morgan fingerprint density at radius 2 is 1.85 bits per heavy atom. The summed E-state index contributed by atoms with van der Waals surface area (Å²) in [5, 5.41) is 1.06. The molecule has 27 heavy (non-hydrogen) atoms. The van der Waals surface area contributed by atoms with Crippen molar-refractivity contribution in [1.29, 1.82) is 0 Å². The number of ether oxygens (including phenoxy) is 1. The number of carbonyl (C=O) groups is 1. The highest BCUT2D eigenvalue weighted by atomic mass is 35.5. The molecule has 0 aliphatic rings. The fraction of sp³-hybridized carbons (Fsp3) is 0.150. The maximum atomic E-state index is 12.4. The topological polar surface area (TPSA) is 81.2 Å². The van der Waals surface area contributed by atoms with Crippen LogP contribution in [0.5, 0.6) is 0 Å². The van der Waals surface area contributed by atoms with Crippen LogP contribution in [0.1, 0.15) is 12.0 Å². The number of benzene rings is 2. The van der Waals surface area contributed by atoms with Gasteiger partial charge in [0.05, 0.1) is 17.5 Å². The van der Waals surface area contributed by atoms with Crippen LogP contribution in [0.3, 0.4) is 0 Å². The van der Waals surface area contributed by atoms with E-state index in [1.54, 1.807) is 54.6 Å². The number of H-pyrrole nitrogens is 1. The molecule has 0 saturated heterocycles. The van der Waals surface area contributed by atoms with Crippen LogP contribution in [0.25, 0.3) is 17.0 Å². The van der Waals surface area contributed by atoms with Crippen LogP contribution in [0.2, 0.25) is 5.02 Å². The number of hydrogen-bond donors (Lipinski definition) is 1. The Labute approximate surface area is 159 Å². The van der Waals surface area contributed by atoms with Crippen molar-refractivity contribution in [3.05, 3.63) is 86.0 Å². The van der Waals surface area contributed by atoms with Gasteiger partial charge in [0.1, 0.15) is 0 Å². The van der Waals surface area contributed by atoms with Crippen molar-refractivity contribution in [2.75, 3.05) is 6.61 Å². The molecule has 2 aromatic carbocycles. The average Bonchev–Trinajstić information content (AvgIpc) is 2.67. The number of nitrogens with one attached hydrogen (secondary N) is 1. The van der Waals surface area contributed by atoms with Gasteiger partial charge in [-0.25, -0.2) is 9.59 Å². The third kappa shape index (κ3) is 4.74. The molecule has 6 nitrogen and oxygen atoms in total. The fourth-order valence-electron chi connectivity index (χ4n) is 2.58. The van der Waals surface area contributed by atoms with E-state index in [1.807, 2.05) is 0 Å². The molecular weight excluding hydrogens is 368 g/mol. The monoisotopic (exact) mass is 384 g/mol. The lowest BCUT2D eigenvalue weighted by Gasteiger charge is -2.06. The number of para-hydroxylation sites is 1. The predicted molar refractivity (Wildman–Crippen MR) is 105 cm³/mol. The van der Waals surface area contributed by atoms with Crippen molar-refractivity contribution in [3.8, 4) is 0 Å². The summed E-state index contributed by atoms with van der Waals surface area (Å²) in [6.45, 7) is 0.260. The average molecular weight is 385 g/mol. The van der Waals surface area contributed by atoms with Crippen LogP contribution in [0.15, 0.2) is 64.2 Å². The molecule has 0 atom stereocenters. The van der Waals surface area contributed by atoms with Gasteiger partial charge in [0, 0.05) is 17.6 Å². The molecule has 0 bridgehead atoms. The van der Waals surface area contributed by atoms with Crippen molar-refractivity contribution in [3.63, 3.8) is 0 Å². The van der Waals surface area contributed by atoms with E-state index in [9.17, 15) is 14.4 Å². The number of aromatic amines is 1. The summed E-state index contributed by atoms with van der Waals surface area (Å²) < 4.78 is 6.21. The normalized spacial score (nSPS) is 11.1. The van der Waals surface area contributed by atoms with Gasteiger partial charge in [-0.15, -0.1) is 0 Å². The largest absolute Gasteiger partial charge is 0.462 e. The Balaban J connectivity index is 1.55. The number of aromatic nitrogens is 2. The molecule has 3 rings (SSSR count). The summed E-state index contributed by atoms with van der Waals surface area (Å²) in [7, 11) is 0. The minimum atomic E-state index is -0.496. The Morgan fingerprint density at radius 3 is 2.63 bits per heavy atom. The summed E-state index contributed by atoms with van der Waals surface area (Å²) in [4.78, 5) is 38.8. The third-order valence-electron chi connectivity index (χ3n) is 3.94. The first-order valence-corrected chi connectivity index (χ1v) is 8.74. The van der Waals surface area contributed by atoms with Gasteiger partial charge in [0.25, 0.3) is 5.56 Å². The van der Waals surface area contributed by atoms with Gasteiger partial charge in [-0.1, -0.05) is 35.9 Å². The van der Waals surface area contributed by atoms with Crippen molar-refractivity contribution in [2.45, 2.75) is 13.0 Å². The fourth-order valence-corrected chi connectivity index (χ4v) is 2.71. The molecule has 0 fully saturated rings. The SMILES string of the molecule is O=C(C=Cc1ccc(Cl)cc1)OCCCn1c(=O)[nH]c2ccccc2c1=O. The second kappa shape index (κ2) is 8.51. The maximum absolute atomic E-state index is 12.4. The van der Waals surface area contributed by atoms with E-state index >= 15 is 0 Å². The molecule has 3 aromatic rings. The molecule has 0 spiro atoms. The highest BCUT2D eigenvalue weighted by Gasteiger charge is 2.07. The highest BCUT2D eigenvalue weighted by Crippen LogP contribution is 2.10. The van der Waals surface area contributed by atoms with E-state index in [2.05, 4.69) is 4.98 Å². The van der Waals surface area contributed by atoms with Crippen LogP contribution in [0.4, 0.5) is 0 Å². The zero-order valence-electron chi connectivity index (χ0n) is 14.4. The maximum Gasteiger partial charge on any atom is 0.330 e. The molecule has 0 amide bonds. The van der Waals surface area contributed by atoms with Crippen LogP contribution in [0, 0.1) is 0 Å². The van der Waals surface area contributed by atoms with Crippen molar-refractivity contribution in [2.24, 2.45) is 0 Å². The highest BCUT2D eigenvalue weighted by molar-refractivity contribution is 6.30. The molecule has 0 saturated carbocycles. The summed E-state index contributed by atoms with van der Waals surface area (Å²) in [6.07, 6.45) is 3.29. The first-order chi connectivity index (χ1) is 13.0. The number of esters is 1. The first-order valence-electron chi connectivity index (χ1n) is 8.37. The second-order valence-electron chi connectivity index (χ2n) is 5.84. The number of hydrogen-bond acceptors (Lipinski definition) is 4. The Hall–Kier alpha value is -3.12. The minimum Gasteiger partial charge on any atom is -0.462 e. The smallest absolute Gasteiger partial charge is 0.330 e. The minimum absolute atomic E-state index is 0.0997. The van der Waals surface area contributed by atoms with Crippen molar-refractivity contribution in [1.82, 2.24) is 9.55 Å². The second-order valence-corrected chi connectivity index (χ2v) is 6.27. The summed E-state index contributed by atoms with van der Waals surface area (Å²) in [5.74, 6) is -0.496. The molecule has 1 aromatic heterocycles. The summed E-state index contributed by atoms with van der Waals surface area (Å²) >= 11 is 5.80. The molecule has 138 valence electrons. The van der Waals surface area contributed by atoms with E-state index in [4.69, 9.17) is 16.3 Å². The third-order valence-corrected chi connectivity index (χ3v) is 4.19. The van der Waals surface area contributed by atoms with E-state index in [0.29, 0.717) is 22.3 Å². The first kappa shape index (κ1) is 18.7.